The first kappa shape index (κ1) is 10.3. The topological polar surface area (TPSA) is 52.6 Å². The van der Waals surface area contributed by atoms with Crippen molar-refractivity contribution in [1.29, 1.82) is 0 Å². The smallest absolute Gasteiger partial charge is 0.311 e. The Hall–Kier alpha value is 0.300. The molecule has 1 atom stereocenters. The molecule has 0 aromatic rings. The Morgan fingerprint density at radius 1 is 1.50 bits per heavy atom. The van der Waals surface area contributed by atoms with Crippen LogP contribution in [0, 0.1) is 0 Å². The second-order valence-corrected chi connectivity index (χ2v) is 5.47. The van der Waals surface area contributed by atoms with Crippen molar-refractivity contribution in [1.82, 2.24) is 0 Å². The number of alkyl halides is 1. The van der Waals surface area contributed by atoms with Gasteiger partial charge in [0.05, 0.1) is 0 Å². The van der Waals surface area contributed by atoms with Crippen LogP contribution < -0.4 is 0 Å². The molecule has 0 radical (unpaired) electrons. The highest BCUT2D eigenvalue weighted by Gasteiger charge is 2.31. The van der Waals surface area contributed by atoms with Gasteiger partial charge < -0.3 is 13.8 Å². The fourth-order valence-corrected chi connectivity index (χ4v) is 2.05. The molecule has 0 saturated carbocycles. The van der Waals surface area contributed by atoms with Crippen LogP contribution in [0.25, 0.3) is 0 Å². The number of halogens is 1. The van der Waals surface area contributed by atoms with Crippen molar-refractivity contribution >= 4 is 29.8 Å². The van der Waals surface area contributed by atoms with Gasteiger partial charge in [0, 0.05) is 14.2 Å². The highest BCUT2D eigenvalue weighted by molar-refractivity contribution is 9.11. The first-order valence-electron chi connectivity index (χ1n) is 2.41. The summed E-state index contributed by atoms with van der Waals surface area (Å²) in [4.78, 5) is 10.1. The summed E-state index contributed by atoms with van der Waals surface area (Å²) in [5.41, 5.74) is 0. The van der Waals surface area contributed by atoms with Crippen molar-refractivity contribution in [2.24, 2.45) is 0 Å². The van der Waals surface area contributed by atoms with Crippen molar-refractivity contribution in [3.63, 3.8) is 0 Å². The largest absolute Gasteiger partial charge is 0.350 e. The fourth-order valence-electron chi connectivity index (χ4n) is 0.350. The van der Waals surface area contributed by atoms with E-state index in [9.17, 15) is 9.36 Å². The Morgan fingerprint density at radius 2 is 1.90 bits per heavy atom. The highest BCUT2D eigenvalue weighted by atomic mass is 79.9. The third kappa shape index (κ3) is 2.16. The molecule has 6 heteroatoms. The van der Waals surface area contributed by atoms with Crippen LogP contribution >= 0.6 is 23.5 Å². The standard InChI is InChI=1S/C4H8BrO4P/c1-8-10(7,9-2)4(5)3-6/h3-4H,1-2H3. The Morgan fingerprint density at radius 3 is 2.00 bits per heavy atom. The summed E-state index contributed by atoms with van der Waals surface area (Å²) >= 11 is 2.84. The van der Waals surface area contributed by atoms with Crippen molar-refractivity contribution in [3.05, 3.63) is 0 Å². The molecule has 0 fully saturated rings. The Bertz CT molecular complexity index is 151. The van der Waals surface area contributed by atoms with Crippen molar-refractivity contribution in [3.8, 4) is 0 Å². The molecule has 0 aliphatic carbocycles. The van der Waals surface area contributed by atoms with Gasteiger partial charge in [-0.3, -0.25) is 4.57 Å². The maximum Gasteiger partial charge on any atom is 0.350 e. The van der Waals surface area contributed by atoms with Crippen LogP contribution in [-0.2, 0) is 18.4 Å². The lowest BCUT2D eigenvalue weighted by Gasteiger charge is -2.13. The summed E-state index contributed by atoms with van der Waals surface area (Å²) in [5, 5.41) is 0. The molecule has 0 aromatic carbocycles. The average Bonchev–Trinajstić information content (AvgIpc) is 2.01. The molecule has 0 N–H and O–H groups in total. The minimum Gasteiger partial charge on any atom is -0.311 e. The minimum atomic E-state index is -3.22. The quantitative estimate of drug-likeness (QED) is 0.416. The van der Waals surface area contributed by atoms with E-state index in [-0.39, 0.29) is 0 Å². The molecule has 0 heterocycles. The van der Waals surface area contributed by atoms with Crippen LogP contribution in [0.3, 0.4) is 0 Å². The Kier molecular flexibility index (Phi) is 4.36. The molecule has 4 nitrogen and oxygen atoms in total. The second-order valence-electron chi connectivity index (χ2n) is 1.41. The van der Waals surface area contributed by atoms with E-state index in [1.165, 1.54) is 14.2 Å². The van der Waals surface area contributed by atoms with Crippen LogP contribution in [0.2, 0.25) is 0 Å². The zero-order valence-corrected chi connectivity index (χ0v) is 8.09. The molecule has 0 spiro atoms. The number of aldehydes is 1. The maximum atomic E-state index is 11.2. The lowest BCUT2D eigenvalue weighted by molar-refractivity contribution is -0.106. The minimum absolute atomic E-state index is 0.466. The van der Waals surface area contributed by atoms with E-state index >= 15 is 0 Å². The summed E-state index contributed by atoms with van der Waals surface area (Å²) in [6.45, 7) is 0. The molecule has 0 saturated heterocycles. The number of hydrogen-bond donors (Lipinski definition) is 0. The van der Waals surface area contributed by atoms with Crippen LogP contribution in [0.15, 0.2) is 0 Å². The highest BCUT2D eigenvalue weighted by Crippen LogP contribution is 2.53. The van der Waals surface area contributed by atoms with E-state index in [2.05, 4.69) is 25.0 Å². The molecular weight excluding hydrogens is 223 g/mol. The van der Waals surface area contributed by atoms with Gasteiger partial charge in [0.1, 0.15) is 6.29 Å². The molecule has 0 rings (SSSR count). The SMILES string of the molecule is COP(=O)(OC)C(Br)C=O. The van der Waals surface area contributed by atoms with Crippen molar-refractivity contribution < 1.29 is 18.4 Å². The number of rotatable bonds is 4. The second kappa shape index (κ2) is 4.23. The predicted molar refractivity (Wildman–Crippen MR) is 40.4 cm³/mol. The molecule has 0 aliphatic heterocycles. The molecule has 60 valence electrons. The van der Waals surface area contributed by atoms with Gasteiger partial charge in [0.25, 0.3) is 0 Å². The van der Waals surface area contributed by atoms with Gasteiger partial charge in [-0.25, -0.2) is 0 Å². The van der Waals surface area contributed by atoms with Gasteiger partial charge in [-0.15, -0.1) is 0 Å². The third-order valence-electron chi connectivity index (χ3n) is 0.923. The van der Waals surface area contributed by atoms with Gasteiger partial charge in [-0.2, -0.15) is 0 Å². The van der Waals surface area contributed by atoms with E-state index in [0.29, 0.717) is 6.29 Å². The predicted octanol–water partition coefficient (Wildman–Crippen LogP) is 1.39. The summed E-state index contributed by atoms with van der Waals surface area (Å²) in [7, 11) is -0.775. The Balaban J connectivity index is 4.32. The molecule has 10 heavy (non-hydrogen) atoms. The number of carbonyl (C=O) groups excluding carboxylic acids is 1. The zero-order chi connectivity index (χ0) is 8.20. The first-order valence-corrected chi connectivity index (χ1v) is 4.94. The average molecular weight is 231 g/mol. The van der Waals surface area contributed by atoms with Crippen LogP contribution in [0.4, 0.5) is 0 Å². The van der Waals surface area contributed by atoms with E-state index in [4.69, 9.17) is 0 Å². The van der Waals surface area contributed by atoms with Crippen LogP contribution in [-0.4, -0.2) is 25.1 Å². The third-order valence-corrected chi connectivity index (χ3v) is 4.39. The van der Waals surface area contributed by atoms with Gasteiger partial charge in [-0.05, 0) is 0 Å². The van der Waals surface area contributed by atoms with E-state index in [1.54, 1.807) is 0 Å². The monoisotopic (exact) mass is 230 g/mol. The lowest BCUT2D eigenvalue weighted by Crippen LogP contribution is -2.03. The molecule has 0 aromatic heterocycles. The van der Waals surface area contributed by atoms with Gasteiger partial charge in [0.2, 0.25) is 0 Å². The van der Waals surface area contributed by atoms with Gasteiger partial charge >= 0.3 is 7.60 Å². The molecule has 0 amide bonds. The zero-order valence-electron chi connectivity index (χ0n) is 5.61. The molecule has 0 bridgehead atoms. The first-order chi connectivity index (χ1) is 4.60. The van der Waals surface area contributed by atoms with E-state index < -0.39 is 12.2 Å². The maximum absolute atomic E-state index is 11.2. The summed E-state index contributed by atoms with van der Waals surface area (Å²) in [5.74, 6) is 0. The van der Waals surface area contributed by atoms with Crippen LogP contribution in [0.1, 0.15) is 0 Å². The van der Waals surface area contributed by atoms with Crippen LogP contribution in [0.5, 0.6) is 0 Å². The Labute approximate surface area is 67.6 Å². The lowest BCUT2D eigenvalue weighted by atomic mass is 10.9. The molecule has 0 aliphatic rings. The van der Waals surface area contributed by atoms with Gasteiger partial charge in [-0.1, -0.05) is 15.9 Å². The molecule has 1 unspecified atom stereocenters. The fraction of sp³-hybridized carbons (Fsp3) is 0.750. The normalized spacial score (nSPS) is 14.7. The number of carbonyl (C=O) groups is 1. The number of hydrogen-bond acceptors (Lipinski definition) is 4. The molecular formula is C4H8BrO4P. The van der Waals surface area contributed by atoms with Crippen molar-refractivity contribution in [2.45, 2.75) is 4.57 Å². The summed E-state index contributed by atoms with van der Waals surface area (Å²) in [6.07, 6.45) is 0.466. The van der Waals surface area contributed by atoms with Crippen molar-refractivity contribution in [2.75, 3.05) is 14.2 Å². The summed E-state index contributed by atoms with van der Waals surface area (Å²) < 4.78 is 19.3. The van der Waals surface area contributed by atoms with Gasteiger partial charge in [0.15, 0.2) is 4.57 Å². The van der Waals surface area contributed by atoms with E-state index in [0.717, 1.165) is 0 Å². The summed E-state index contributed by atoms with van der Waals surface area (Å²) in [6, 6.07) is 0. The van der Waals surface area contributed by atoms with E-state index in [1.807, 2.05) is 0 Å².